The van der Waals surface area contributed by atoms with Crippen LogP contribution in [0.15, 0.2) is 70.9 Å². The van der Waals surface area contributed by atoms with Gasteiger partial charge in [-0.3, -0.25) is 4.79 Å². The van der Waals surface area contributed by atoms with Gasteiger partial charge >= 0.3 is 0 Å². The molecule has 2 atom stereocenters. The summed E-state index contributed by atoms with van der Waals surface area (Å²) in [5, 5.41) is 14.2. The Bertz CT molecular complexity index is 1600. The number of nitrogens with one attached hydrogen (secondary N) is 1. The highest BCUT2D eigenvalue weighted by Gasteiger charge is 2.43. The number of methoxy groups -OCH3 is 1. The zero-order chi connectivity index (χ0) is 29.6. The van der Waals surface area contributed by atoms with Crippen molar-refractivity contribution in [2.45, 2.75) is 43.5 Å². The lowest BCUT2D eigenvalue weighted by Crippen LogP contribution is -2.20. The predicted molar refractivity (Wildman–Crippen MR) is 157 cm³/mol. The van der Waals surface area contributed by atoms with E-state index in [2.05, 4.69) is 37.4 Å². The highest BCUT2D eigenvalue weighted by Crippen LogP contribution is 2.54. The van der Waals surface area contributed by atoms with Crippen LogP contribution < -0.4 is 14.9 Å². The molecule has 1 fully saturated rings. The van der Waals surface area contributed by atoms with Crippen LogP contribution in [0.4, 0.5) is 8.78 Å². The van der Waals surface area contributed by atoms with Crippen LogP contribution in [0.5, 0.6) is 11.5 Å². The molecule has 1 aliphatic carbocycles. The monoisotopic (exact) mass is 611 g/mol. The molecule has 12 heteroatoms. The van der Waals surface area contributed by atoms with Crippen LogP contribution in [0.3, 0.4) is 0 Å². The van der Waals surface area contributed by atoms with Crippen molar-refractivity contribution in [3.8, 4) is 11.5 Å². The Labute approximate surface area is 251 Å². The van der Waals surface area contributed by atoms with Crippen LogP contribution in [0.2, 0.25) is 5.02 Å². The van der Waals surface area contributed by atoms with E-state index in [4.69, 9.17) is 21.1 Å². The lowest BCUT2D eigenvalue weighted by molar-refractivity contribution is -0.118. The van der Waals surface area contributed by atoms with E-state index in [0.717, 1.165) is 24.4 Å². The number of nitrogens with zero attached hydrogens (tertiary/aromatic N) is 4. The minimum atomic E-state index is -0.796. The van der Waals surface area contributed by atoms with Gasteiger partial charge < -0.3 is 14.0 Å². The third-order valence-electron chi connectivity index (χ3n) is 6.80. The second-order valence-electron chi connectivity index (χ2n) is 9.60. The number of hydrogen-bond donors (Lipinski definition) is 1. The number of rotatable bonds is 12. The number of thioether (sulfide) groups is 1. The fourth-order valence-corrected chi connectivity index (χ4v) is 5.55. The number of halogens is 3. The molecule has 218 valence electrons. The van der Waals surface area contributed by atoms with Crippen LogP contribution in [-0.2, 0) is 17.9 Å². The number of hydrazone groups is 1. The van der Waals surface area contributed by atoms with E-state index in [1.807, 2.05) is 19.1 Å². The molecule has 0 radical (unpaired) electrons. The van der Waals surface area contributed by atoms with Gasteiger partial charge in [0.15, 0.2) is 16.7 Å². The molecule has 0 aliphatic heterocycles. The molecule has 3 aromatic carbocycles. The fourth-order valence-electron chi connectivity index (χ4n) is 4.62. The Balaban J connectivity index is 1.14. The number of hydrogen-bond acceptors (Lipinski definition) is 7. The molecule has 42 heavy (non-hydrogen) atoms. The molecular weight excluding hydrogens is 584 g/mol. The Hall–Kier alpha value is -3.96. The minimum absolute atomic E-state index is 0.0161. The van der Waals surface area contributed by atoms with Gasteiger partial charge in [-0.15, -0.1) is 10.2 Å². The SMILES string of the molecule is CCn1c(SCC(=O)N/N=C\c2ccc(OC)c(COc3ccc(F)cc3F)c2)nnc1[C@H]1C[C@@H]1c1ccc(Cl)cc1. The van der Waals surface area contributed by atoms with E-state index < -0.39 is 11.6 Å². The first kappa shape index (κ1) is 29.5. The molecule has 1 heterocycles. The first-order valence-electron chi connectivity index (χ1n) is 13.2. The molecule has 0 unspecified atom stereocenters. The number of amides is 1. The molecular formula is C30H28ClF2N5O3S. The van der Waals surface area contributed by atoms with E-state index in [1.54, 1.807) is 18.2 Å². The quantitative estimate of drug-likeness (QED) is 0.114. The summed E-state index contributed by atoms with van der Waals surface area (Å²) in [4.78, 5) is 12.5. The van der Waals surface area contributed by atoms with E-state index in [-0.39, 0.29) is 24.0 Å². The highest BCUT2D eigenvalue weighted by atomic mass is 35.5. The molecule has 1 aliphatic rings. The summed E-state index contributed by atoms with van der Waals surface area (Å²) in [5.41, 5.74) is 5.05. The molecule has 0 bridgehead atoms. The summed E-state index contributed by atoms with van der Waals surface area (Å²) in [7, 11) is 1.51. The lowest BCUT2D eigenvalue weighted by atomic mass is 10.1. The normalized spacial score (nSPS) is 16.0. The zero-order valence-electron chi connectivity index (χ0n) is 22.9. The number of carbonyl (C=O) groups excluding carboxylic acids is 1. The third kappa shape index (κ3) is 7.08. The summed E-state index contributed by atoms with van der Waals surface area (Å²) in [6, 6.07) is 16.2. The van der Waals surface area contributed by atoms with Gasteiger partial charge in [-0.05, 0) is 72.9 Å². The van der Waals surface area contributed by atoms with Crippen LogP contribution in [-0.4, -0.2) is 39.7 Å². The maximum Gasteiger partial charge on any atom is 0.250 e. The molecule has 1 saturated carbocycles. The van der Waals surface area contributed by atoms with Crippen molar-refractivity contribution in [3.63, 3.8) is 0 Å². The molecule has 8 nitrogen and oxygen atoms in total. The number of aromatic nitrogens is 3. The van der Waals surface area contributed by atoms with Crippen molar-refractivity contribution < 1.29 is 23.0 Å². The van der Waals surface area contributed by atoms with Crippen LogP contribution in [0.25, 0.3) is 0 Å². The zero-order valence-corrected chi connectivity index (χ0v) is 24.5. The van der Waals surface area contributed by atoms with E-state index in [9.17, 15) is 13.6 Å². The first-order valence-corrected chi connectivity index (χ1v) is 14.6. The molecule has 5 rings (SSSR count). The Morgan fingerprint density at radius 3 is 2.64 bits per heavy atom. The van der Waals surface area contributed by atoms with E-state index >= 15 is 0 Å². The van der Waals surface area contributed by atoms with Crippen molar-refractivity contribution in [2.75, 3.05) is 12.9 Å². The molecule has 0 spiro atoms. The summed E-state index contributed by atoms with van der Waals surface area (Å²) in [6.45, 7) is 2.72. The summed E-state index contributed by atoms with van der Waals surface area (Å²) >= 11 is 7.33. The largest absolute Gasteiger partial charge is 0.496 e. The molecule has 1 aromatic heterocycles. The van der Waals surface area contributed by atoms with Gasteiger partial charge in [-0.25, -0.2) is 14.2 Å². The minimum Gasteiger partial charge on any atom is -0.496 e. The second-order valence-corrected chi connectivity index (χ2v) is 11.0. The van der Waals surface area contributed by atoms with E-state index in [0.29, 0.717) is 45.4 Å². The van der Waals surface area contributed by atoms with Crippen LogP contribution in [0, 0.1) is 11.6 Å². The van der Waals surface area contributed by atoms with Gasteiger partial charge in [0.05, 0.1) is 19.1 Å². The van der Waals surface area contributed by atoms with Crippen LogP contribution in [0.1, 0.15) is 47.7 Å². The van der Waals surface area contributed by atoms with Gasteiger partial charge in [-0.2, -0.15) is 5.10 Å². The molecule has 0 saturated heterocycles. The number of benzene rings is 3. The van der Waals surface area contributed by atoms with Crippen LogP contribution >= 0.6 is 23.4 Å². The van der Waals surface area contributed by atoms with Gasteiger partial charge in [0, 0.05) is 29.1 Å². The van der Waals surface area contributed by atoms with E-state index in [1.165, 1.54) is 36.7 Å². The summed E-state index contributed by atoms with van der Waals surface area (Å²) in [5.74, 6) is 0.406. The second kappa shape index (κ2) is 13.3. The maximum atomic E-state index is 13.9. The van der Waals surface area contributed by atoms with Crippen molar-refractivity contribution in [1.29, 1.82) is 0 Å². The van der Waals surface area contributed by atoms with Gasteiger partial charge in [0.25, 0.3) is 5.91 Å². The molecule has 4 aromatic rings. The maximum absolute atomic E-state index is 13.9. The van der Waals surface area contributed by atoms with Gasteiger partial charge in [0.2, 0.25) is 0 Å². The summed E-state index contributed by atoms with van der Waals surface area (Å²) < 4.78 is 40.0. The van der Waals surface area contributed by atoms with Crippen molar-refractivity contribution in [3.05, 3.63) is 99.8 Å². The Morgan fingerprint density at radius 1 is 1.12 bits per heavy atom. The highest BCUT2D eigenvalue weighted by molar-refractivity contribution is 7.99. The van der Waals surface area contributed by atoms with Gasteiger partial charge in [0.1, 0.15) is 24.0 Å². The predicted octanol–water partition coefficient (Wildman–Crippen LogP) is 6.33. The Kier molecular flexibility index (Phi) is 9.38. The smallest absolute Gasteiger partial charge is 0.250 e. The number of carbonyl (C=O) groups is 1. The fraction of sp³-hybridized carbons (Fsp3) is 0.267. The van der Waals surface area contributed by atoms with Crippen molar-refractivity contribution in [1.82, 2.24) is 20.2 Å². The average Bonchev–Trinajstić information content (AvgIpc) is 3.67. The third-order valence-corrected chi connectivity index (χ3v) is 8.02. The summed E-state index contributed by atoms with van der Waals surface area (Å²) in [6.07, 6.45) is 2.49. The first-order chi connectivity index (χ1) is 20.4. The van der Waals surface area contributed by atoms with Crippen molar-refractivity contribution in [2.24, 2.45) is 5.10 Å². The lowest BCUT2D eigenvalue weighted by Gasteiger charge is -2.11. The standard InChI is InChI=1S/C30H28ClF2N5O3S/c1-3-38-29(24-14-23(24)19-5-7-21(31)8-6-19)36-37-30(38)42-17-28(39)35-34-15-18-4-10-26(40-2)20(12-18)16-41-27-11-9-22(32)13-25(27)33/h4-13,15,23-24H,3,14,16-17H2,1-2H3,(H,35,39)/b34-15-/t23-,24+/m1/s1. The number of ether oxygens (including phenoxy) is 2. The van der Waals surface area contributed by atoms with Crippen molar-refractivity contribution >= 4 is 35.5 Å². The Morgan fingerprint density at radius 2 is 1.90 bits per heavy atom. The molecule has 1 amide bonds. The topological polar surface area (TPSA) is 90.6 Å². The molecule has 1 N–H and O–H groups in total. The van der Waals surface area contributed by atoms with Gasteiger partial charge in [-0.1, -0.05) is 35.5 Å². The average molecular weight is 612 g/mol.